The van der Waals surface area contributed by atoms with Gasteiger partial charge in [-0.25, -0.2) is 4.68 Å². The predicted octanol–water partition coefficient (Wildman–Crippen LogP) is 3.80. The summed E-state index contributed by atoms with van der Waals surface area (Å²) in [6, 6.07) is 17.3. The predicted molar refractivity (Wildman–Crippen MR) is 124 cm³/mol. The first-order valence-electron chi connectivity index (χ1n) is 11.2. The second-order valence-corrected chi connectivity index (χ2v) is 8.08. The van der Waals surface area contributed by atoms with Crippen LogP contribution in [0.1, 0.15) is 41.3 Å². The number of fused-ring (bicyclic) bond motifs is 1. The van der Waals surface area contributed by atoms with Gasteiger partial charge in [0.1, 0.15) is 17.3 Å². The molecule has 1 N–H and O–H groups in total. The molecule has 8 nitrogen and oxygen atoms in total. The number of nitrogens with zero attached hydrogens (tertiary/aromatic N) is 5. The standard InChI is InChI=1S/C25H26N6O2/c1-33-20-13-11-18(12-14-20)24-21(17-31(29-24)19-8-4-2-5-9-19)25(32)26-16-23-28-27-22-10-6-3-7-15-30(22)23/h2,4-5,8-9,11-14,17H,3,6-7,10,15-16H2,1H3,(H,26,32). The minimum atomic E-state index is -0.200. The molecule has 4 aromatic rings. The summed E-state index contributed by atoms with van der Waals surface area (Å²) in [5.74, 6) is 2.35. The molecule has 3 heterocycles. The number of rotatable bonds is 6. The summed E-state index contributed by atoms with van der Waals surface area (Å²) in [7, 11) is 1.63. The second kappa shape index (κ2) is 9.28. The van der Waals surface area contributed by atoms with Gasteiger partial charge in [-0.15, -0.1) is 10.2 Å². The first-order chi connectivity index (χ1) is 16.2. The molecule has 33 heavy (non-hydrogen) atoms. The van der Waals surface area contributed by atoms with E-state index in [1.807, 2.05) is 54.6 Å². The van der Waals surface area contributed by atoms with Gasteiger partial charge in [-0.2, -0.15) is 5.10 Å². The lowest BCUT2D eigenvalue weighted by Crippen LogP contribution is -2.25. The average molecular weight is 443 g/mol. The van der Waals surface area contributed by atoms with E-state index in [0.29, 0.717) is 17.8 Å². The van der Waals surface area contributed by atoms with Crippen LogP contribution >= 0.6 is 0 Å². The monoisotopic (exact) mass is 442 g/mol. The highest BCUT2D eigenvalue weighted by Gasteiger charge is 2.20. The van der Waals surface area contributed by atoms with E-state index in [1.165, 1.54) is 6.42 Å². The number of methoxy groups -OCH3 is 1. The number of hydrogen-bond donors (Lipinski definition) is 1. The summed E-state index contributed by atoms with van der Waals surface area (Å²) in [5, 5.41) is 16.4. The van der Waals surface area contributed by atoms with Gasteiger partial charge < -0.3 is 14.6 Å². The molecule has 0 fully saturated rings. The molecular weight excluding hydrogens is 416 g/mol. The van der Waals surface area contributed by atoms with Crippen LogP contribution in [-0.4, -0.2) is 37.6 Å². The summed E-state index contributed by atoms with van der Waals surface area (Å²) in [6.07, 6.45) is 6.14. The van der Waals surface area contributed by atoms with Gasteiger partial charge in [-0.05, 0) is 49.2 Å². The SMILES string of the molecule is COc1ccc(-c2nn(-c3ccccc3)cc2C(=O)NCc2nnc3n2CCCCC3)cc1. The smallest absolute Gasteiger partial charge is 0.255 e. The molecule has 0 saturated heterocycles. The first kappa shape index (κ1) is 20.9. The summed E-state index contributed by atoms with van der Waals surface area (Å²) in [4.78, 5) is 13.3. The Bertz CT molecular complexity index is 1240. The first-order valence-corrected chi connectivity index (χ1v) is 11.2. The van der Waals surface area contributed by atoms with Crippen molar-refractivity contribution in [3.63, 3.8) is 0 Å². The van der Waals surface area contributed by atoms with E-state index in [-0.39, 0.29) is 5.91 Å². The molecule has 0 spiro atoms. The molecular formula is C25H26N6O2. The highest BCUT2D eigenvalue weighted by atomic mass is 16.5. The van der Waals surface area contributed by atoms with Gasteiger partial charge in [-0.1, -0.05) is 24.6 Å². The molecule has 0 bridgehead atoms. The van der Waals surface area contributed by atoms with Crippen LogP contribution in [0, 0.1) is 0 Å². The molecule has 0 saturated carbocycles. The molecule has 1 aliphatic rings. The van der Waals surface area contributed by atoms with Crippen LogP contribution in [0.2, 0.25) is 0 Å². The van der Waals surface area contributed by atoms with Crippen molar-refractivity contribution in [3.8, 4) is 22.7 Å². The van der Waals surface area contributed by atoms with Crippen molar-refractivity contribution in [2.45, 2.75) is 38.8 Å². The van der Waals surface area contributed by atoms with Crippen molar-refractivity contribution < 1.29 is 9.53 Å². The molecule has 1 amide bonds. The number of aromatic nitrogens is 5. The molecule has 5 rings (SSSR count). The van der Waals surface area contributed by atoms with Crippen LogP contribution in [0.3, 0.4) is 0 Å². The van der Waals surface area contributed by atoms with Crippen molar-refractivity contribution in [1.82, 2.24) is 29.9 Å². The number of ether oxygens (including phenoxy) is 1. The van der Waals surface area contributed by atoms with E-state index < -0.39 is 0 Å². The Morgan fingerprint density at radius 3 is 2.64 bits per heavy atom. The van der Waals surface area contributed by atoms with Gasteiger partial charge in [0.05, 0.1) is 24.9 Å². The molecule has 1 aliphatic heterocycles. The zero-order chi connectivity index (χ0) is 22.6. The number of para-hydroxylation sites is 1. The minimum Gasteiger partial charge on any atom is -0.497 e. The van der Waals surface area contributed by atoms with Crippen LogP contribution in [0.5, 0.6) is 5.75 Å². The average Bonchev–Trinajstić information content (AvgIpc) is 3.40. The number of amides is 1. The summed E-state index contributed by atoms with van der Waals surface area (Å²) in [6.45, 7) is 1.22. The van der Waals surface area contributed by atoms with E-state index in [4.69, 9.17) is 9.84 Å². The quantitative estimate of drug-likeness (QED) is 0.491. The lowest BCUT2D eigenvalue weighted by Gasteiger charge is -2.08. The maximum atomic E-state index is 13.3. The maximum Gasteiger partial charge on any atom is 0.255 e. The highest BCUT2D eigenvalue weighted by molar-refractivity contribution is 5.99. The molecule has 168 valence electrons. The molecule has 2 aromatic carbocycles. The van der Waals surface area contributed by atoms with Crippen molar-refractivity contribution in [2.24, 2.45) is 0 Å². The molecule has 0 atom stereocenters. The highest BCUT2D eigenvalue weighted by Crippen LogP contribution is 2.26. The third kappa shape index (κ3) is 4.37. The summed E-state index contributed by atoms with van der Waals surface area (Å²) >= 11 is 0. The Kier molecular flexibility index (Phi) is 5.89. The van der Waals surface area contributed by atoms with Crippen LogP contribution in [-0.2, 0) is 19.5 Å². The lowest BCUT2D eigenvalue weighted by molar-refractivity contribution is 0.0950. The number of carbonyl (C=O) groups excluding carboxylic acids is 1. The Morgan fingerprint density at radius 1 is 1.03 bits per heavy atom. The number of nitrogens with one attached hydrogen (secondary N) is 1. The van der Waals surface area contributed by atoms with E-state index in [0.717, 1.165) is 54.5 Å². The van der Waals surface area contributed by atoms with Gasteiger partial charge in [0, 0.05) is 24.7 Å². The zero-order valence-corrected chi connectivity index (χ0v) is 18.6. The lowest BCUT2D eigenvalue weighted by atomic mass is 10.1. The number of carbonyl (C=O) groups is 1. The summed E-state index contributed by atoms with van der Waals surface area (Å²) in [5.41, 5.74) is 2.83. The van der Waals surface area contributed by atoms with Crippen molar-refractivity contribution in [2.75, 3.05) is 7.11 Å². The Balaban J connectivity index is 1.44. The molecule has 0 unspecified atom stereocenters. The number of benzene rings is 2. The van der Waals surface area contributed by atoms with Crippen LogP contribution < -0.4 is 10.1 Å². The topological polar surface area (TPSA) is 86.9 Å². The van der Waals surface area contributed by atoms with Crippen LogP contribution in [0.4, 0.5) is 0 Å². The van der Waals surface area contributed by atoms with E-state index in [9.17, 15) is 4.79 Å². The van der Waals surface area contributed by atoms with Gasteiger partial charge in [-0.3, -0.25) is 4.79 Å². The van der Waals surface area contributed by atoms with Gasteiger partial charge >= 0.3 is 0 Å². The fourth-order valence-corrected chi connectivity index (χ4v) is 4.15. The largest absolute Gasteiger partial charge is 0.497 e. The Morgan fingerprint density at radius 2 is 1.85 bits per heavy atom. The molecule has 0 aliphatic carbocycles. The van der Waals surface area contributed by atoms with E-state index in [2.05, 4.69) is 20.1 Å². The zero-order valence-electron chi connectivity index (χ0n) is 18.6. The molecule has 8 heteroatoms. The van der Waals surface area contributed by atoms with Crippen molar-refractivity contribution in [3.05, 3.63) is 78.0 Å². The summed E-state index contributed by atoms with van der Waals surface area (Å²) < 4.78 is 9.15. The van der Waals surface area contributed by atoms with Crippen LogP contribution in [0.15, 0.2) is 60.8 Å². The van der Waals surface area contributed by atoms with Gasteiger partial charge in [0.25, 0.3) is 5.91 Å². The fourth-order valence-electron chi connectivity index (χ4n) is 4.15. The molecule has 0 radical (unpaired) electrons. The normalized spacial score (nSPS) is 13.2. The third-order valence-corrected chi connectivity index (χ3v) is 5.94. The van der Waals surface area contributed by atoms with Crippen LogP contribution in [0.25, 0.3) is 16.9 Å². The Labute approximate surface area is 192 Å². The number of aryl methyl sites for hydroxylation is 1. The van der Waals surface area contributed by atoms with Gasteiger partial charge in [0.2, 0.25) is 0 Å². The minimum absolute atomic E-state index is 0.200. The number of hydrogen-bond acceptors (Lipinski definition) is 5. The van der Waals surface area contributed by atoms with Gasteiger partial charge in [0.15, 0.2) is 5.82 Å². The third-order valence-electron chi connectivity index (χ3n) is 5.94. The van der Waals surface area contributed by atoms with Crippen molar-refractivity contribution in [1.29, 1.82) is 0 Å². The fraction of sp³-hybridized carbons (Fsp3) is 0.280. The van der Waals surface area contributed by atoms with E-state index >= 15 is 0 Å². The molecule has 2 aromatic heterocycles. The van der Waals surface area contributed by atoms with Crippen molar-refractivity contribution >= 4 is 5.91 Å². The maximum absolute atomic E-state index is 13.3. The second-order valence-electron chi connectivity index (χ2n) is 8.08. The Hall–Kier alpha value is -3.94. The van der Waals surface area contributed by atoms with E-state index in [1.54, 1.807) is 18.0 Å².